The van der Waals surface area contributed by atoms with Crippen LogP contribution in [0.5, 0.6) is 0 Å². The lowest BCUT2D eigenvalue weighted by Crippen LogP contribution is -2.24. The molecule has 1 aromatic heterocycles. The van der Waals surface area contributed by atoms with E-state index in [2.05, 4.69) is 42.9 Å². The zero-order valence-corrected chi connectivity index (χ0v) is 14.2. The molecule has 0 radical (unpaired) electrons. The van der Waals surface area contributed by atoms with E-state index in [9.17, 15) is 0 Å². The van der Waals surface area contributed by atoms with Gasteiger partial charge in [0.1, 0.15) is 0 Å². The fourth-order valence-corrected chi connectivity index (χ4v) is 3.72. The molecule has 0 bridgehead atoms. The number of hydrogen-bond donors (Lipinski definition) is 1. The minimum Gasteiger partial charge on any atom is -0.348 e. The number of nitrogens with zero attached hydrogens (tertiary/aromatic N) is 2. The first-order chi connectivity index (χ1) is 9.56. The highest BCUT2D eigenvalue weighted by atomic mass is 32.1. The van der Waals surface area contributed by atoms with Gasteiger partial charge in [0.25, 0.3) is 0 Å². The van der Waals surface area contributed by atoms with E-state index in [4.69, 9.17) is 0 Å². The Morgan fingerprint density at radius 1 is 1.30 bits per heavy atom. The van der Waals surface area contributed by atoms with Gasteiger partial charge in [-0.05, 0) is 31.1 Å². The van der Waals surface area contributed by atoms with Gasteiger partial charge >= 0.3 is 0 Å². The second-order valence-corrected chi connectivity index (χ2v) is 7.66. The van der Waals surface area contributed by atoms with Gasteiger partial charge in [-0.15, -0.1) is 11.3 Å². The first-order valence-corrected chi connectivity index (χ1v) is 8.81. The Bertz CT molecular complexity index is 400. The van der Waals surface area contributed by atoms with Crippen molar-refractivity contribution in [2.75, 3.05) is 18.0 Å². The van der Waals surface area contributed by atoms with Crippen LogP contribution >= 0.6 is 11.3 Å². The molecule has 0 spiro atoms. The highest BCUT2D eigenvalue weighted by molar-refractivity contribution is 7.15. The molecule has 1 aromatic rings. The van der Waals surface area contributed by atoms with Crippen molar-refractivity contribution in [3.8, 4) is 0 Å². The van der Waals surface area contributed by atoms with Crippen molar-refractivity contribution in [2.24, 2.45) is 11.8 Å². The van der Waals surface area contributed by atoms with Crippen LogP contribution in [-0.4, -0.2) is 24.1 Å². The predicted octanol–water partition coefficient (Wildman–Crippen LogP) is 3.90. The van der Waals surface area contributed by atoms with Crippen molar-refractivity contribution >= 4 is 16.5 Å². The molecular formula is C16H29N3S. The van der Waals surface area contributed by atoms with Gasteiger partial charge in [0.2, 0.25) is 0 Å². The number of rotatable bonds is 5. The van der Waals surface area contributed by atoms with Gasteiger partial charge in [0, 0.05) is 36.8 Å². The lowest BCUT2D eigenvalue weighted by Gasteiger charge is -2.20. The molecular weight excluding hydrogens is 266 g/mol. The SMILES string of the molecule is CC(C)NCc1cnc(N2CCCC(C(C)C)CC2)s1. The molecule has 2 heterocycles. The van der Waals surface area contributed by atoms with Gasteiger partial charge < -0.3 is 10.2 Å². The van der Waals surface area contributed by atoms with Crippen LogP contribution in [0.4, 0.5) is 5.13 Å². The molecule has 0 aliphatic carbocycles. The van der Waals surface area contributed by atoms with E-state index in [1.165, 1.54) is 42.4 Å². The summed E-state index contributed by atoms with van der Waals surface area (Å²) in [7, 11) is 0. The zero-order valence-electron chi connectivity index (χ0n) is 13.4. The maximum absolute atomic E-state index is 4.63. The van der Waals surface area contributed by atoms with Gasteiger partial charge in [-0.25, -0.2) is 4.98 Å². The van der Waals surface area contributed by atoms with E-state index in [0.29, 0.717) is 6.04 Å². The lowest BCUT2D eigenvalue weighted by atomic mass is 9.89. The molecule has 20 heavy (non-hydrogen) atoms. The minimum absolute atomic E-state index is 0.533. The highest BCUT2D eigenvalue weighted by Gasteiger charge is 2.21. The van der Waals surface area contributed by atoms with Gasteiger partial charge in [-0.1, -0.05) is 27.7 Å². The van der Waals surface area contributed by atoms with Gasteiger partial charge in [-0.3, -0.25) is 0 Å². The first-order valence-electron chi connectivity index (χ1n) is 7.99. The van der Waals surface area contributed by atoms with E-state index in [1.54, 1.807) is 0 Å². The summed E-state index contributed by atoms with van der Waals surface area (Å²) in [6.45, 7) is 12.4. The molecule has 0 amide bonds. The van der Waals surface area contributed by atoms with E-state index in [-0.39, 0.29) is 0 Å². The van der Waals surface area contributed by atoms with E-state index < -0.39 is 0 Å². The zero-order chi connectivity index (χ0) is 14.5. The molecule has 1 aliphatic rings. The van der Waals surface area contributed by atoms with Crippen LogP contribution in [0.1, 0.15) is 51.8 Å². The molecule has 1 saturated heterocycles. The fourth-order valence-electron chi connectivity index (χ4n) is 2.81. The monoisotopic (exact) mass is 295 g/mol. The van der Waals surface area contributed by atoms with Crippen LogP contribution in [0, 0.1) is 11.8 Å². The Labute approximate surface area is 127 Å². The Morgan fingerprint density at radius 2 is 2.10 bits per heavy atom. The second-order valence-electron chi connectivity index (χ2n) is 6.57. The summed E-state index contributed by atoms with van der Waals surface area (Å²) < 4.78 is 0. The standard InChI is InChI=1S/C16H29N3S/c1-12(2)14-6-5-8-19(9-7-14)16-18-11-15(20-16)10-17-13(3)4/h11-14,17H,5-10H2,1-4H3. The summed E-state index contributed by atoms with van der Waals surface area (Å²) in [6, 6.07) is 0.533. The van der Waals surface area contributed by atoms with Crippen LogP contribution in [0.2, 0.25) is 0 Å². The first kappa shape index (κ1) is 15.8. The summed E-state index contributed by atoms with van der Waals surface area (Å²) in [5.74, 6) is 1.71. The summed E-state index contributed by atoms with van der Waals surface area (Å²) >= 11 is 1.85. The van der Waals surface area contributed by atoms with Gasteiger partial charge in [-0.2, -0.15) is 0 Å². The number of nitrogens with one attached hydrogen (secondary N) is 1. The average Bonchev–Trinajstić information content (AvgIpc) is 2.72. The molecule has 1 aliphatic heterocycles. The van der Waals surface area contributed by atoms with Gasteiger partial charge in [0.15, 0.2) is 5.13 Å². The molecule has 0 aromatic carbocycles. The molecule has 1 atom stereocenters. The predicted molar refractivity (Wildman–Crippen MR) is 88.5 cm³/mol. The fraction of sp³-hybridized carbons (Fsp3) is 0.812. The number of thiazole rings is 1. The minimum atomic E-state index is 0.533. The average molecular weight is 295 g/mol. The maximum atomic E-state index is 4.63. The molecule has 0 saturated carbocycles. The molecule has 3 nitrogen and oxygen atoms in total. The van der Waals surface area contributed by atoms with E-state index in [0.717, 1.165) is 18.4 Å². The number of hydrogen-bond acceptors (Lipinski definition) is 4. The van der Waals surface area contributed by atoms with Crippen molar-refractivity contribution in [1.29, 1.82) is 0 Å². The van der Waals surface area contributed by atoms with Crippen LogP contribution in [0.15, 0.2) is 6.20 Å². The topological polar surface area (TPSA) is 28.2 Å². The largest absolute Gasteiger partial charge is 0.348 e. The Balaban J connectivity index is 1.91. The highest BCUT2D eigenvalue weighted by Crippen LogP contribution is 2.29. The third-order valence-corrected chi connectivity index (χ3v) is 5.27. The quantitative estimate of drug-likeness (QED) is 0.893. The van der Waals surface area contributed by atoms with Crippen molar-refractivity contribution in [2.45, 2.75) is 59.5 Å². The Hall–Kier alpha value is -0.610. The molecule has 114 valence electrons. The number of anilines is 1. The molecule has 1 unspecified atom stereocenters. The van der Waals surface area contributed by atoms with Crippen LogP contribution in [0.3, 0.4) is 0 Å². The lowest BCUT2D eigenvalue weighted by molar-refractivity contribution is 0.351. The van der Waals surface area contributed by atoms with E-state index >= 15 is 0 Å². The Morgan fingerprint density at radius 3 is 2.80 bits per heavy atom. The maximum Gasteiger partial charge on any atom is 0.185 e. The summed E-state index contributed by atoms with van der Waals surface area (Å²) in [4.78, 5) is 8.47. The smallest absolute Gasteiger partial charge is 0.185 e. The van der Waals surface area contributed by atoms with Crippen LogP contribution in [-0.2, 0) is 6.54 Å². The summed E-state index contributed by atoms with van der Waals surface area (Å²) in [6.07, 6.45) is 6.04. The molecule has 4 heteroatoms. The van der Waals surface area contributed by atoms with Gasteiger partial charge in [0.05, 0.1) is 0 Å². The molecule has 1 N–H and O–H groups in total. The Kier molecular flexibility index (Phi) is 5.85. The van der Waals surface area contributed by atoms with Crippen molar-refractivity contribution in [3.63, 3.8) is 0 Å². The van der Waals surface area contributed by atoms with E-state index in [1.807, 2.05) is 17.5 Å². The summed E-state index contributed by atoms with van der Waals surface area (Å²) in [5.41, 5.74) is 0. The van der Waals surface area contributed by atoms with Crippen molar-refractivity contribution in [1.82, 2.24) is 10.3 Å². The van der Waals surface area contributed by atoms with Crippen LogP contribution in [0.25, 0.3) is 0 Å². The molecule has 1 fully saturated rings. The second kappa shape index (κ2) is 7.41. The van der Waals surface area contributed by atoms with Crippen molar-refractivity contribution < 1.29 is 0 Å². The molecule has 2 rings (SSSR count). The summed E-state index contributed by atoms with van der Waals surface area (Å²) in [5, 5.41) is 4.68. The third kappa shape index (κ3) is 4.45. The third-order valence-electron chi connectivity index (χ3n) is 4.21. The van der Waals surface area contributed by atoms with Crippen LogP contribution < -0.4 is 10.2 Å². The van der Waals surface area contributed by atoms with Crippen molar-refractivity contribution in [3.05, 3.63) is 11.1 Å². The normalized spacial score (nSPS) is 20.7. The number of aromatic nitrogens is 1.